The lowest BCUT2D eigenvalue weighted by atomic mass is 9.81. The first-order valence-electron chi connectivity index (χ1n) is 5.42. The van der Waals surface area contributed by atoms with Gasteiger partial charge in [0.05, 0.1) is 17.6 Å². The highest BCUT2D eigenvalue weighted by atomic mass is 32.2. The number of aliphatic carboxylic acids is 1. The summed E-state index contributed by atoms with van der Waals surface area (Å²) in [6, 6.07) is 0. The van der Waals surface area contributed by atoms with Crippen LogP contribution in [0, 0.1) is 5.92 Å². The van der Waals surface area contributed by atoms with E-state index >= 15 is 0 Å². The SMILES string of the molecule is CC12C=CC(S(C)(=O)=O)=CC1C(CC(=O)O)=CO2. The lowest BCUT2D eigenvalue weighted by Crippen LogP contribution is -2.32. The van der Waals surface area contributed by atoms with Gasteiger partial charge in [0.1, 0.15) is 5.60 Å². The van der Waals surface area contributed by atoms with Crippen molar-refractivity contribution in [1.29, 1.82) is 0 Å². The zero-order valence-electron chi connectivity index (χ0n) is 10.1. The average Bonchev–Trinajstić information content (AvgIpc) is 2.53. The Hall–Kier alpha value is -1.56. The van der Waals surface area contributed by atoms with E-state index in [2.05, 4.69) is 0 Å². The molecule has 0 radical (unpaired) electrons. The molecule has 0 amide bonds. The molecule has 0 aromatic carbocycles. The highest BCUT2D eigenvalue weighted by molar-refractivity contribution is 7.94. The maximum atomic E-state index is 11.5. The molecular weight excluding hydrogens is 256 g/mol. The summed E-state index contributed by atoms with van der Waals surface area (Å²) >= 11 is 0. The van der Waals surface area contributed by atoms with Gasteiger partial charge in [0.15, 0.2) is 9.84 Å². The van der Waals surface area contributed by atoms with E-state index < -0.39 is 21.4 Å². The Kier molecular flexibility index (Phi) is 2.85. The molecule has 0 spiro atoms. The van der Waals surface area contributed by atoms with Crippen molar-refractivity contribution in [1.82, 2.24) is 0 Å². The summed E-state index contributed by atoms with van der Waals surface area (Å²) in [6.07, 6.45) is 7.13. The fourth-order valence-electron chi connectivity index (χ4n) is 2.17. The van der Waals surface area contributed by atoms with Gasteiger partial charge in [0.25, 0.3) is 0 Å². The Bertz CT molecular complexity index is 582. The van der Waals surface area contributed by atoms with E-state index in [1.165, 1.54) is 12.3 Å². The molecule has 2 atom stereocenters. The third-order valence-electron chi connectivity index (χ3n) is 3.17. The molecule has 0 fully saturated rings. The summed E-state index contributed by atoms with van der Waals surface area (Å²) < 4.78 is 28.5. The van der Waals surface area contributed by atoms with Crippen LogP contribution in [0.1, 0.15) is 13.3 Å². The third-order valence-corrected chi connectivity index (χ3v) is 4.30. The van der Waals surface area contributed by atoms with Crippen molar-refractivity contribution in [3.63, 3.8) is 0 Å². The number of sulfone groups is 1. The largest absolute Gasteiger partial charge is 0.490 e. The van der Waals surface area contributed by atoms with Crippen LogP contribution in [-0.2, 0) is 19.4 Å². The standard InChI is InChI=1S/C12H14O5S/c1-12-4-3-9(18(2,15)16)6-10(12)8(7-17-12)5-11(13)14/h3-4,6-7,10H,5H2,1-2H3,(H,13,14). The number of fused-ring (bicyclic) bond motifs is 1. The third kappa shape index (κ3) is 2.20. The molecule has 1 aliphatic heterocycles. The maximum absolute atomic E-state index is 11.5. The minimum absolute atomic E-state index is 0.151. The minimum Gasteiger partial charge on any atom is -0.490 e. The predicted molar refractivity (Wildman–Crippen MR) is 65.4 cm³/mol. The Morgan fingerprint density at radius 3 is 2.78 bits per heavy atom. The zero-order valence-corrected chi connectivity index (χ0v) is 10.9. The molecule has 18 heavy (non-hydrogen) atoms. The molecule has 0 bridgehead atoms. The van der Waals surface area contributed by atoms with E-state index in [1.807, 2.05) is 0 Å². The quantitative estimate of drug-likeness (QED) is 0.834. The number of rotatable bonds is 3. The van der Waals surface area contributed by atoms with E-state index in [0.717, 1.165) is 6.26 Å². The highest BCUT2D eigenvalue weighted by Gasteiger charge is 2.42. The lowest BCUT2D eigenvalue weighted by Gasteiger charge is -2.30. The van der Waals surface area contributed by atoms with Gasteiger partial charge in [-0.1, -0.05) is 6.08 Å². The summed E-state index contributed by atoms with van der Waals surface area (Å²) in [5.41, 5.74) is -0.102. The molecule has 1 aliphatic carbocycles. The Morgan fingerprint density at radius 1 is 1.56 bits per heavy atom. The van der Waals surface area contributed by atoms with E-state index in [1.54, 1.807) is 19.1 Å². The first-order chi connectivity index (χ1) is 8.22. The molecular formula is C12H14O5S. The number of carboxylic acid groups (broad SMARTS) is 1. The van der Waals surface area contributed by atoms with Gasteiger partial charge in [-0.15, -0.1) is 0 Å². The van der Waals surface area contributed by atoms with Crippen molar-refractivity contribution in [2.45, 2.75) is 18.9 Å². The second-order valence-corrected chi connectivity index (χ2v) is 6.73. The smallest absolute Gasteiger partial charge is 0.307 e. The summed E-state index contributed by atoms with van der Waals surface area (Å²) in [6.45, 7) is 1.80. The summed E-state index contributed by atoms with van der Waals surface area (Å²) in [5.74, 6) is -1.30. The van der Waals surface area contributed by atoms with Crippen molar-refractivity contribution in [2.24, 2.45) is 5.92 Å². The first kappa shape index (κ1) is 12.9. The fraction of sp³-hybridized carbons (Fsp3) is 0.417. The molecule has 2 rings (SSSR count). The number of allylic oxidation sites excluding steroid dienone is 1. The summed E-state index contributed by atoms with van der Waals surface area (Å²) in [4.78, 5) is 11.0. The number of carboxylic acids is 1. The van der Waals surface area contributed by atoms with Crippen LogP contribution in [0.3, 0.4) is 0 Å². The van der Waals surface area contributed by atoms with Crippen molar-refractivity contribution in [3.8, 4) is 0 Å². The molecule has 2 unspecified atom stereocenters. The minimum atomic E-state index is -3.30. The van der Waals surface area contributed by atoms with Crippen molar-refractivity contribution < 1.29 is 23.1 Å². The van der Waals surface area contributed by atoms with Gasteiger partial charge in [0, 0.05) is 12.2 Å². The van der Waals surface area contributed by atoms with Crippen LogP contribution in [0.4, 0.5) is 0 Å². The second kappa shape index (κ2) is 3.98. The van der Waals surface area contributed by atoms with E-state index in [9.17, 15) is 13.2 Å². The first-order valence-corrected chi connectivity index (χ1v) is 7.31. The van der Waals surface area contributed by atoms with Gasteiger partial charge in [-0.05, 0) is 24.6 Å². The molecule has 2 aliphatic rings. The van der Waals surface area contributed by atoms with Crippen LogP contribution in [0.2, 0.25) is 0 Å². The molecule has 1 N–H and O–H groups in total. The molecule has 5 nitrogen and oxygen atoms in total. The van der Waals surface area contributed by atoms with Crippen LogP contribution < -0.4 is 0 Å². The van der Waals surface area contributed by atoms with Crippen molar-refractivity contribution in [3.05, 3.63) is 35.0 Å². The predicted octanol–water partition coefficient (Wildman–Crippen LogP) is 1.25. The topological polar surface area (TPSA) is 80.7 Å². The van der Waals surface area contributed by atoms with Gasteiger partial charge in [0.2, 0.25) is 0 Å². The molecule has 0 saturated heterocycles. The zero-order chi connectivity index (χ0) is 13.6. The highest BCUT2D eigenvalue weighted by Crippen LogP contribution is 2.42. The van der Waals surface area contributed by atoms with Crippen molar-refractivity contribution in [2.75, 3.05) is 6.26 Å². The molecule has 0 saturated carbocycles. The molecule has 1 heterocycles. The van der Waals surface area contributed by atoms with E-state index in [-0.39, 0.29) is 17.2 Å². The molecule has 0 aromatic rings. The fourth-order valence-corrected chi connectivity index (χ4v) is 2.87. The van der Waals surface area contributed by atoms with Crippen LogP contribution in [0.25, 0.3) is 0 Å². The summed E-state index contributed by atoms with van der Waals surface area (Å²) in [5, 5.41) is 8.82. The number of hydrogen-bond acceptors (Lipinski definition) is 4. The normalized spacial score (nSPS) is 30.2. The van der Waals surface area contributed by atoms with Crippen LogP contribution in [0.15, 0.2) is 35.0 Å². The van der Waals surface area contributed by atoms with Gasteiger partial charge in [-0.2, -0.15) is 0 Å². The van der Waals surface area contributed by atoms with Gasteiger partial charge in [-0.25, -0.2) is 8.42 Å². The van der Waals surface area contributed by atoms with Crippen LogP contribution in [-0.4, -0.2) is 31.4 Å². The second-order valence-electron chi connectivity index (χ2n) is 4.72. The maximum Gasteiger partial charge on any atom is 0.307 e. The number of carbonyl (C=O) groups is 1. The molecule has 0 aromatic heterocycles. The van der Waals surface area contributed by atoms with Crippen LogP contribution >= 0.6 is 0 Å². The van der Waals surface area contributed by atoms with Gasteiger partial charge < -0.3 is 9.84 Å². The monoisotopic (exact) mass is 270 g/mol. The van der Waals surface area contributed by atoms with Crippen molar-refractivity contribution >= 4 is 15.8 Å². The average molecular weight is 270 g/mol. The lowest BCUT2D eigenvalue weighted by molar-refractivity contribution is -0.136. The Balaban J connectivity index is 2.37. The Morgan fingerprint density at radius 2 is 2.22 bits per heavy atom. The van der Waals surface area contributed by atoms with Crippen LogP contribution in [0.5, 0.6) is 0 Å². The van der Waals surface area contributed by atoms with E-state index in [4.69, 9.17) is 9.84 Å². The Labute approximate surface area is 105 Å². The van der Waals surface area contributed by atoms with Gasteiger partial charge >= 0.3 is 5.97 Å². The number of hydrogen-bond donors (Lipinski definition) is 1. The summed E-state index contributed by atoms with van der Waals surface area (Å²) in [7, 11) is -3.30. The van der Waals surface area contributed by atoms with E-state index in [0.29, 0.717) is 5.57 Å². The number of ether oxygens (including phenoxy) is 1. The van der Waals surface area contributed by atoms with Gasteiger partial charge in [-0.3, -0.25) is 4.79 Å². The molecule has 98 valence electrons. The molecule has 6 heteroatoms.